The van der Waals surface area contributed by atoms with E-state index in [1.54, 1.807) is 25.6 Å². The van der Waals surface area contributed by atoms with Crippen molar-refractivity contribution in [1.29, 1.82) is 0 Å². The summed E-state index contributed by atoms with van der Waals surface area (Å²) in [5.41, 5.74) is 4.32. The van der Waals surface area contributed by atoms with Gasteiger partial charge in [-0.1, -0.05) is 6.07 Å². The third kappa shape index (κ3) is 4.71. The zero-order valence-corrected chi connectivity index (χ0v) is 20.5. The van der Waals surface area contributed by atoms with E-state index in [4.69, 9.17) is 9.72 Å². The van der Waals surface area contributed by atoms with Crippen LogP contribution in [0.3, 0.4) is 0 Å². The van der Waals surface area contributed by atoms with Crippen molar-refractivity contribution in [2.45, 2.75) is 32.7 Å². The average molecular weight is 475 g/mol. The van der Waals surface area contributed by atoms with E-state index in [1.165, 1.54) is 6.07 Å². The summed E-state index contributed by atoms with van der Waals surface area (Å²) in [6.07, 6.45) is 4.77. The molecule has 1 aliphatic heterocycles. The SMILES string of the molecule is COc1cccc(F)c1CCc1ccc(-c2ccc(N3CCN(C(C)C)CC3)nc2)c2nncn12. The summed E-state index contributed by atoms with van der Waals surface area (Å²) in [6, 6.07) is 13.8. The lowest BCUT2D eigenvalue weighted by Gasteiger charge is -2.37. The number of piperazine rings is 1. The minimum Gasteiger partial charge on any atom is -0.496 e. The lowest BCUT2D eigenvalue weighted by Crippen LogP contribution is -2.49. The highest BCUT2D eigenvalue weighted by Gasteiger charge is 2.20. The van der Waals surface area contributed by atoms with E-state index in [-0.39, 0.29) is 5.82 Å². The number of hydrogen-bond donors (Lipinski definition) is 0. The Hall–Kier alpha value is -3.52. The van der Waals surface area contributed by atoms with Crippen molar-refractivity contribution in [1.82, 2.24) is 24.5 Å². The molecule has 182 valence electrons. The van der Waals surface area contributed by atoms with Crippen LogP contribution < -0.4 is 9.64 Å². The molecule has 0 saturated carbocycles. The van der Waals surface area contributed by atoms with Gasteiger partial charge in [0, 0.05) is 60.8 Å². The normalized spacial score (nSPS) is 14.7. The van der Waals surface area contributed by atoms with Gasteiger partial charge >= 0.3 is 0 Å². The number of methoxy groups -OCH3 is 1. The standard InChI is InChI=1S/C27H31FN6O/c1-19(2)32-13-15-33(16-14-32)26-12-7-20(17-29-26)22-10-8-21(34-18-30-31-27(22)34)9-11-23-24(28)5-4-6-25(23)35-3/h4-8,10,12,17-19H,9,11,13-16H2,1-3H3. The third-order valence-corrected chi connectivity index (χ3v) is 6.89. The monoisotopic (exact) mass is 474 g/mol. The topological polar surface area (TPSA) is 58.8 Å². The molecule has 8 heteroatoms. The number of aryl methyl sites for hydroxylation is 1. The molecule has 0 unspecified atom stereocenters. The first-order valence-corrected chi connectivity index (χ1v) is 12.1. The van der Waals surface area contributed by atoms with Crippen LogP contribution in [0.25, 0.3) is 16.8 Å². The van der Waals surface area contributed by atoms with Gasteiger partial charge in [0.25, 0.3) is 0 Å². The Morgan fingerprint density at radius 1 is 1.00 bits per heavy atom. The molecule has 1 aromatic carbocycles. The number of pyridine rings is 2. The van der Waals surface area contributed by atoms with Gasteiger partial charge in [-0.05, 0) is 63.1 Å². The van der Waals surface area contributed by atoms with Crippen LogP contribution >= 0.6 is 0 Å². The molecule has 4 heterocycles. The Kier molecular flexibility index (Phi) is 6.63. The van der Waals surface area contributed by atoms with Gasteiger partial charge in [-0.2, -0.15) is 0 Å². The molecule has 0 radical (unpaired) electrons. The first-order chi connectivity index (χ1) is 17.0. The number of benzene rings is 1. The maximum atomic E-state index is 14.4. The third-order valence-electron chi connectivity index (χ3n) is 6.89. The maximum Gasteiger partial charge on any atom is 0.168 e. The van der Waals surface area contributed by atoms with Gasteiger partial charge in [0.15, 0.2) is 5.65 Å². The molecule has 1 fully saturated rings. The molecule has 0 aliphatic carbocycles. The van der Waals surface area contributed by atoms with Gasteiger partial charge < -0.3 is 9.64 Å². The van der Waals surface area contributed by atoms with E-state index in [2.05, 4.69) is 58.1 Å². The second-order valence-corrected chi connectivity index (χ2v) is 9.21. The van der Waals surface area contributed by atoms with Crippen LogP contribution in [0.5, 0.6) is 5.75 Å². The summed E-state index contributed by atoms with van der Waals surface area (Å²) >= 11 is 0. The second kappa shape index (κ2) is 10.00. The molecule has 1 aliphatic rings. The molecular weight excluding hydrogens is 443 g/mol. The highest BCUT2D eigenvalue weighted by Crippen LogP contribution is 2.27. The fraction of sp³-hybridized carbons (Fsp3) is 0.370. The maximum absolute atomic E-state index is 14.4. The molecule has 0 spiro atoms. The molecule has 1 saturated heterocycles. The highest BCUT2D eigenvalue weighted by molar-refractivity contribution is 5.77. The molecule has 0 atom stereocenters. The van der Waals surface area contributed by atoms with Crippen LogP contribution in [-0.4, -0.2) is 63.8 Å². The van der Waals surface area contributed by atoms with Crippen molar-refractivity contribution < 1.29 is 9.13 Å². The molecule has 4 aromatic rings. The number of halogens is 1. The Morgan fingerprint density at radius 3 is 2.54 bits per heavy atom. The number of ether oxygens (including phenoxy) is 1. The molecule has 3 aromatic heterocycles. The van der Waals surface area contributed by atoms with Crippen molar-refractivity contribution in [2.75, 3.05) is 38.2 Å². The largest absolute Gasteiger partial charge is 0.496 e. The number of anilines is 1. The van der Waals surface area contributed by atoms with Crippen LogP contribution in [0.2, 0.25) is 0 Å². The fourth-order valence-electron chi connectivity index (χ4n) is 4.82. The van der Waals surface area contributed by atoms with Crippen molar-refractivity contribution in [2.24, 2.45) is 0 Å². The second-order valence-electron chi connectivity index (χ2n) is 9.21. The first kappa shape index (κ1) is 23.2. The van der Waals surface area contributed by atoms with E-state index < -0.39 is 0 Å². The Balaban J connectivity index is 1.34. The van der Waals surface area contributed by atoms with Crippen molar-refractivity contribution in [3.05, 3.63) is 72.1 Å². The van der Waals surface area contributed by atoms with E-state index in [9.17, 15) is 4.39 Å². The Morgan fingerprint density at radius 2 is 1.83 bits per heavy atom. The first-order valence-electron chi connectivity index (χ1n) is 12.1. The number of hydrogen-bond acceptors (Lipinski definition) is 6. The average Bonchev–Trinajstić information content (AvgIpc) is 3.38. The van der Waals surface area contributed by atoms with Crippen LogP contribution in [0, 0.1) is 5.82 Å². The van der Waals surface area contributed by atoms with Gasteiger partial charge in [-0.3, -0.25) is 9.30 Å². The van der Waals surface area contributed by atoms with Crippen LogP contribution in [0.1, 0.15) is 25.1 Å². The van der Waals surface area contributed by atoms with Gasteiger partial charge in [-0.15, -0.1) is 10.2 Å². The Labute approximate surface area is 205 Å². The minimum atomic E-state index is -0.252. The molecule has 5 rings (SSSR count). The number of aromatic nitrogens is 4. The zero-order valence-electron chi connectivity index (χ0n) is 20.5. The minimum absolute atomic E-state index is 0.252. The Bertz CT molecular complexity index is 1300. The van der Waals surface area contributed by atoms with Crippen molar-refractivity contribution >= 4 is 11.5 Å². The van der Waals surface area contributed by atoms with E-state index >= 15 is 0 Å². The van der Waals surface area contributed by atoms with E-state index in [1.807, 2.05) is 10.6 Å². The molecule has 0 amide bonds. The number of rotatable bonds is 7. The highest BCUT2D eigenvalue weighted by atomic mass is 19.1. The summed E-state index contributed by atoms with van der Waals surface area (Å²) in [6.45, 7) is 8.58. The van der Waals surface area contributed by atoms with E-state index in [0.717, 1.165) is 54.5 Å². The van der Waals surface area contributed by atoms with Crippen molar-refractivity contribution in [3.63, 3.8) is 0 Å². The lowest BCUT2D eigenvalue weighted by atomic mass is 10.0. The lowest BCUT2D eigenvalue weighted by molar-refractivity contribution is 0.209. The van der Waals surface area contributed by atoms with Gasteiger partial charge in [-0.25, -0.2) is 9.37 Å². The molecule has 7 nitrogen and oxygen atoms in total. The van der Waals surface area contributed by atoms with Gasteiger partial charge in [0.05, 0.1) is 7.11 Å². The summed E-state index contributed by atoms with van der Waals surface area (Å²) in [7, 11) is 1.57. The smallest absolute Gasteiger partial charge is 0.168 e. The van der Waals surface area contributed by atoms with E-state index in [0.29, 0.717) is 30.2 Å². The summed E-state index contributed by atoms with van der Waals surface area (Å²) in [5, 5.41) is 8.52. The van der Waals surface area contributed by atoms with Crippen LogP contribution in [0.15, 0.2) is 55.0 Å². The predicted molar refractivity (Wildman–Crippen MR) is 135 cm³/mol. The quantitative estimate of drug-likeness (QED) is 0.399. The molecular formula is C27H31FN6O. The molecule has 0 bridgehead atoms. The zero-order chi connectivity index (χ0) is 24.4. The molecule has 35 heavy (non-hydrogen) atoms. The summed E-state index contributed by atoms with van der Waals surface area (Å²) in [5.74, 6) is 1.32. The molecule has 0 N–H and O–H groups in total. The van der Waals surface area contributed by atoms with Gasteiger partial charge in [0.1, 0.15) is 23.7 Å². The van der Waals surface area contributed by atoms with Crippen LogP contribution in [0.4, 0.5) is 10.2 Å². The summed E-state index contributed by atoms with van der Waals surface area (Å²) in [4.78, 5) is 9.60. The number of fused-ring (bicyclic) bond motifs is 1. The fourth-order valence-corrected chi connectivity index (χ4v) is 4.82. The van der Waals surface area contributed by atoms with Crippen LogP contribution in [-0.2, 0) is 12.8 Å². The summed E-state index contributed by atoms with van der Waals surface area (Å²) < 4.78 is 21.7. The van der Waals surface area contributed by atoms with Gasteiger partial charge in [0.2, 0.25) is 0 Å². The number of nitrogens with zero attached hydrogens (tertiary/aromatic N) is 6. The van der Waals surface area contributed by atoms with Crippen molar-refractivity contribution in [3.8, 4) is 16.9 Å². The predicted octanol–water partition coefficient (Wildman–Crippen LogP) is 4.25.